The van der Waals surface area contributed by atoms with E-state index >= 15 is 0 Å². The van der Waals surface area contributed by atoms with Gasteiger partial charge in [-0.05, 0) is 62.6 Å². The maximum absolute atomic E-state index is 12.3. The van der Waals surface area contributed by atoms with E-state index in [1.165, 1.54) is 0 Å². The predicted molar refractivity (Wildman–Crippen MR) is 138 cm³/mol. The summed E-state index contributed by atoms with van der Waals surface area (Å²) in [4.78, 5) is 48.4. The lowest BCUT2D eigenvalue weighted by Gasteiger charge is -2.13. The summed E-state index contributed by atoms with van der Waals surface area (Å²) in [6.07, 6.45) is 3.03. The maximum atomic E-state index is 12.3. The molecule has 0 aliphatic rings. The fourth-order valence-electron chi connectivity index (χ4n) is 3.65. The first-order valence-electron chi connectivity index (χ1n) is 12.3. The number of carbonyl (C=O) groups is 4. The highest BCUT2D eigenvalue weighted by Crippen LogP contribution is 2.21. The molecule has 8 heteroatoms. The zero-order valence-corrected chi connectivity index (χ0v) is 21.6. The standard InChI is InChI=1S/C28H36N2O6/c1-5-6-7-14-35-23-10-8-22(9-11-23)24(31)12-13-27(34)36-18-26(33)29-17-25(32)30-28-20(3)15-19(2)16-21(28)4/h8-11,15-16H,5-7,12-14,17-18H2,1-4H3,(H,29,33)(H,30,32). The molecule has 0 bridgehead atoms. The molecule has 2 rings (SSSR count). The Morgan fingerprint density at radius 2 is 1.53 bits per heavy atom. The highest BCUT2D eigenvalue weighted by Gasteiger charge is 2.14. The van der Waals surface area contributed by atoms with E-state index < -0.39 is 18.5 Å². The van der Waals surface area contributed by atoms with E-state index in [-0.39, 0.29) is 31.1 Å². The van der Waals surface area contributed by atoms with Gasteiger partial charge in [0.2, 0.25) is 5.91 Å². The van der Waals surface area contributed by atoms with Crippen molar-refractivity contribution in [1.29, 1.82) is 0 Å². The Morgan fingerprint density at radius 1 is 0.861 bits per heavy atom. The predicted octanol–water partition coefficient (Wildman–Crippen LogP) is 4.44. The zero-order chi connectivity index (χ0) is 26.5. The number of hydrogen-bond acceptors (Lipinski definition) is 6. The van der Waals surface area contributed by atoms with Gasteiger partial charge in [0, 0.05) is 17.7 Å². The van der Waals surface area contributed by atoms with Crippen LogP contribution in [-0.2, 0) is 19.1 Å². The molecule has 0 aliphatic heterocycles. The summed E-state index contributed by atoms with van der Waals surface area (Å²) in [6.45, 7) is 7.77. The van der Waals surface area contributed by atoms with Crippen molar-refractivity contribution in [2.24, 2.45) is 0 Å². The van der Waals surface area contributed by atoms with Crippen LogP contribution in [0.2, 0.25) is 0 Å². The summed E-state index contributed by atoms with van der Waals surface area (Å²) in [7, 11) is 0. The van der Waals surface area contributed by atoms with Crippen molar-refractivity contribution in [2.75, 3.05) is 25.1 Å². The molecule has 2 N–H and O–H groups in total. The Kier molecular flexibility index (Phi) is 11.6. The molecule has 2 aromatic carbocycles. The molecule has 194 valence electrons. The van der Waals surface area contributed by atoms with E-state index in [0.29, 0.717) is 23.6 Å². The molecule has 0 aromatic heterocycles. The second kappa shape index (κ2) is 14.7. The monoisotopic (exact) mass is 496 g/mol. The topological polar surface area (TPSA) is 111 Å². The maximum Gasteiger partial charge on any atom is 0.306 e. The van der Waals surface area contributed by atoms with Gasteiger partial charge in [-0.15, -0.1) is 0 Å². The molecule has 2 amide bonds. The van der Waals surface area contributed by atoms with Crippen LogP contribution in [0.4, 0.5) is 5.69 Å². The lowest BCUT2D eigenvalue weighted by atomic mass is 10.1. The number of nitrogens with one attached hydrogen (secondary N) is 2. The van der Waals surface area contributed by atoms with Gasteiger partial charge in [0.25, 0.3) is 5.91 Å². The molecule has 36 heavy (non-hydrogen) atoms. The van der Waals surface area contributed by atoms with Crippen LogP contribution >= 0.6 is 0 Å². The molecule has 0 heterocycles. The Hall–Kier alpha value is -3.68. The van der Waals surface area contributed by atoms with Crippen molar-refractivity contribution < 1.29 is 28.7 Å². The van der Waals surface area contributed by atoms with E-state index in [2.05, 4.69) is 17.6 Å². The molecule has 0 spiro atoms. The lowest BCUT2D eigenvalue weighted by Crippen LogP contribution is -2.35. The fourth-order valence-corrected chi connectivity index (χ4v) is 3.65. The number of ketones is 1. The molecule has 0 saturated carbocycles. The van der Waals surface area contributed by atoms with E-state index in [0.717, 1.165) is 36.0 Å². The number of carbonyl (C=O) groups excluding carboxylic acids is 4. The first-order chi connectivity index (χ1) is 17.2. The third-order valence-electron chi connectivity index (χ3n) is 5.50. The van der Waals surface area contributed by atoms with Gasteiger partial charge in [-0.3, -0.25) is 19.2 Å². The summed E-state index contributed by atoms with van der Waals surface area (Å²) < 4.78 is 10.5. The van der Waals surface area contributed by atoms with Crippen molar-refractivity contribution in [2.45, 2.75) is 59.8 Å². The van der Waals surface area contributed by atoms with Gasteiger partial charge in [-0.25, -0.2) is 0 Å². The first kappa shape index (κ1) is 28.6. The van der Waals surface area contributed by atoms with Gasteiger partial charge >= 0.3 is 5.97 Å². The van der Waals surface area contributed by atoms with E-state index in [1.807, 2.05) is 32.9 Å². The minimum absolute atomic E-state index is 0.0329. The Balaban J connectivity index is 1.66. The fraction of sp³-hybridized carbons (Fsp3) is 0.429. The average Bonchev–Trinajstić information content (AvgIpc) is 2.85. The van der Waals surface area contributed by atoms with Crippen LogP contribution < -0.4 is 15.4 Å². The van der Waals surface area contributed by atoms with Gasteiger partial charge < -0.3 is 20.1 Å². The number of anilines is 1. The average molecular weight is 497 g/mol. The lowest BCUT2D eigenvalue weighted by molar-refractivity contribution is -0.148. The second-order valence-electron chi connectivity index (χ2n) is 8.76. The number of esters is 1. The van der Waals surface area contributed by atoms with Crippen molar-refractivity contribution >= 4 is 29.3 Å². The SMILES string of the molecule is CCCCCOc1ccc(C(=O)CCC(=O)OCC(=O)NCC(=O)Nc2c(C)cc(C)cc2C)cc1. The molecular formula is C28H36N2O6. The van der Waals surface area contributed by atoms with Crippen LogP contribution in [0.3, 0.4) is 0 Å². The van der Waals surface area contributed by atoms with Crippen molar-refractivity contribution in [3.63, 3.8) is 0 Å². The van der Waals surface area contributed by atoms with Crippen LogP contribution in [0.1, 0.15) is 66.1 Å². The largest absolute Gasteiger partial charge is 0.494 e. The first-order valence-corrected chi connectivity index (χ1v) is 12.3. The van der Waals surface area contributed by atoms with Crippen LogP contribution in [0, 0.1) is 20.8 Å². The van der Waals surface area contributed by atoms with Crippen molar-refractivity contribution in [3.8, 4) is 5.75 Å². The molecule has 0 saturated heterocycles. The number of ether oxygens (including phenoxy) is 2. The van der Waals surface area contributed by atoms with Crippen LogP contribution in [0.15, 0.2) is 36.4 Å². The summed E-state index contributed by atoms with van der Waals surface area (Å²) in [5, 5.41) is 5.20. The Morgan fingerprint density at radius 3 is 2.17 bits per heavy atom. The van der Waals surface area contributed by atoms with Crippen molar-refractivity contribution in [3.05, 3.63) is 58.7 Å². The summed E-state index contributed by atoms with van der Waals surface area (Å²) >= 11 is 0. The number of unbranched alkanes of at least 4 members (excludes halogenated alkanes) is 2. The van der Waals surface area contributed by atoms with E-state index in [4.69, 9.17) is 9.47 Å². The Labute approximate surface area is 212 Å². The second-order valence-corrected chi connectivity index (χ2v) is 8.76. The molecule has 0 atom stereocenters. The molecule has 0 fully saturated rings. The molecular weight excluding hydrogens is 460 g/mol. The van der Waals surface area contributed by atoms with Gasteiger partial charge in [-0.2, -0.15) is 0 Å². The number of aryl methyl sites for hydroxylation is 3. The molecule has 2 aromatic rings. The quantitative estimate of drug-likeness (QED) is 0.227. The summed E-state index contributed by atoms with van der Waals surface area (Å²) in [5.41, 5.74) is 4.15. The highest BCUT2D eigenvalue weighted by atomic mass is 16.5. The van der Waals surface area contributed by atoms with Crippen LogP contribution in [0.25, 0.3) is 0 Å². The molecule has 0 unspecified atom stereocenters. The Bertz CT molecular complexity index is 1040. The van der Waals surface area contributed by atoms with Gasteiger partial charge in [0.1, 0.15) is 5.75 Å². The van der Waals surface area contributed by atoms with Gasteiger partial charge in [0.05, 0.1) is 19.6 Å². The van der Waals surface area contributed by atoms with Crippen LogP contribution in [-0.4, -0.2) is 43.3 Å². The van der Waals surface area contributed by atoms with Crippen LogP contribution in [0.5, 0.6) is 5.75 Å². The number of Topliss-reactive ketones (excluding diaryl/α,β-unsaturated/α-hetero) is 1. The van der Waals surface area contributed by atoms with E-state index in [9.17, 15) is 19.2 Å². The summed E-state index contributed by atoms with van der Waals surface area (Å²) in [6, 6.07) is 10.7. The highest BCUT2D eigenvalue weighted by molar-refractivity contribution is 5.98. The molecule has 0 aliphatic carbocycles. The minimum Gasteiger partial charge on any atom is -0.494 e. The number of rotatable bonds is 14. The van der Waals surface area contributed by atoms with Gasteiger partial charge in [0.15, 0.2) is 12.4 Å². The van der Waals surface area contributed by atoms with E-state index in [1.54, 1.807) is 24.3 Å². The smallest absolute Gasteiger partial charge is 0.306 e. The van der Waals surface area contributed by atoms with Gasteiger partial charge in [-0.1, -0.05) is 37.5 Å². The molecule has 8 nitrogen and oxygen atoms in total. The number of amides is 2. The number of benzene rings is 2. The normalized spacial score (nSPS) is 10.4. The molecule has 0 radical (unpaired) electrons. The summed E-state index contributed by atoms with van der Waals surface area (Å²) in [5.74, 6) is -1.15. The third-order valence-corrected chi connectivity index (χ3v) is 5.50. The zero-order valence-electron chi connectivity index (χ0n) is 21.6. The van der Waals surface area contributed by atoms with Crippen molar-refractivity contribution in [1.82, 2.24) is 5.32 Å². The minimum atomic E-state index is -0.662. The number of hydrogen-bond donors (Lipinski definition) is 2. The third kappa shape index (κ3) is 9.90.